The van der Waals surface area contributed by atoms with E-state index in [4.69, 9.17) is 10.1 Å². The lowest BCUT2D eigenvalue weighted by Crippen LogP contribution is -2.62. The van der Waals surface area contributed by atoms with Crippen LogP contribution in [0.5, 0.6) is 0 Å². The highest BCUT2D eigenvalue weighted by Crippen LogP contribution is 2.42. The normalized spacial score (nSPS) is 18.4. The summed E-state index contributed by atoms with van der Waals surface area (Å²) >= 11 is 0. The fraction of sp³-hybridized carbons (Fsp3) is 0.481. The molecule has 3 aromatic rings. The van der Waals surface area contributed by atoms with Crippen molar-refractivity contribution in [2.45, 2.75) is 38.8 Å². The minimum Gasteiger partial charge on any atom is -0.389 e. The molecule has 0 aliphatic carbocycles. The zero-order chi connectivity index (χ0) is 23.9. The number of rotatable bonds is 7. The number of nitrogens with zero attached hydrogens (tertiary/aromatic N) is 4. The number of aromatic nitrogens is 2. The third-order valence-electron chi connectivity index (χ3n) is 7.28. The highest BCUT2D eigenvalue weighted by molar-refractivity contribution is 5.96. The van der Waals surface area contributed by atoms with E-state index in [1.807, 2.05) is 32.2 Å². The van der Waals surface area contributed by atoms with Crippen molar-refractivity contribution < 1.29 is 15.0 Å². The first-order valence-corrected chi connectivity index (χ1v) is 12.1. The third kappa shape index (κ3) is 4.73. The molecule has 180 valence electrons. The van der Waals surface area contributed by atoms with Crippen LogP contribution in [-0.2, 0) is 6.54 Å². The van der Waals surface area contributed by atoms with Crippen molar-refractivity contribution in [1.29, 1.82) is 0 Å². The molecule has 0 saturated carbocycles. The molecule has 0 amide bonds. The molecule has 2 aromatic heterocycles. The van der Waals surface area contributed by atoms with Crippen molar-refractivity contribution in [3.63, 3.8) is 0 Å². The van der Waals surface area contributed by atoms with E-state index in [1.165, 1.54) is 18.5 Å². The van der Waals surface area contributed by atoms with E-state index in [9.17, 15) is 9.90 Å². The van der Waals surface area contributed by atoms with Gasteiger partial charge in [-0.15, -0.1) is 0 Å². The van der Waals surface area contributed by atoms with Gasteiger partial charge >= 0.3 is 0 Å². The van der Waals surface area contributed by atoms with Gasteiger partial charge in [-0.05, 0) is 49.8 Å². The van der Waals surface area contributed by atoms with Gasteiger partial charge in [0.25, 0.3) is 0 Å². The topological polar surface area (TPSA) is 81.8 Å². The number of aliphatic hydroxyl groups excluding tert-OH is 1. The molecular formula is C27H34N4O3. The zero-order valence-electron chi connectivity index (χ0n) is 20.1. The maximum absolute atomic E-state index is 11.6. The first-order valence-electron chi connectivity index (χ1n) is 12.1. The van der Waals surface area contributed by atoms with Crippen molar-refractivity contribution in [2.24, 2.45) is 5.41 Å². The van der Waals surface area contributed by atoms with E-state index < -0.39 is 12.2 Å². The van der Waals surface area contributed by atoms with Crippen molar-refractivity contribution in [1.82, 2.24) is 14.5 Å². The molecule has 0 unspecified atom stereocenters. The Morgan fingerprint density at radius 3 is 2.47 bits per heavy atom. The first-order chi connectivity index (χ1) is 16.2. The average Bonchev–Trinajstić information content (AvgIpc) is 3.19. The number of benzene rings is 1. The predicted molar refractivity (Wildman–Crippen MR) is 133 cm³/mol. The molecule has 4 heterocycles. The Morgan fingerprint density at radius 1 is 1.12 bits per heavy atom. The Hall–Kier alpha value is -2.74. The number of carbonyl (C=O) groups is 1. The summed E-state index contributed by atoms with van der Waals surface area (Å²) in [7, 11) is 0. The number of carbonyl (C=O) groups excluding carboxylic acids is 1. The summed E-state index contributed by atoms with van der Waals surface area (Å²) in [4.78, 5) is 21.2. The first kappa shape index (κ1) is 23.0. The second-order valence-corrected chi connectivity index (χ2v) is 10.8. The molecule has 0 bridgehead atoms. The number of anilines is 1. The zero-order valence-corrected chi connectivity index (χ0v) is 20.1. The number of hydrogen-bond donors (Lipinski definition) is 2. The molecule has 1 spiro atoms. The summed E-state index contributed by atoms with van der Waals surface area (Å²) in [5.41, 5.74) is 3.54. The van der Waals surface area contributed by atoms with Crippen LogP contribution in [0.25, 0.3) is 11.0 Å². The van der Waals surface area contributed by atoms with E-state index >= 15 is 0 Å². The number of ketones is 1. The fourth-order valence-corrected chi connectivity index (χ4v) is 5.57. The number of hydrogen-bond acceptors (Lipinski definition) is 6. The van der Waals surface area contributed by atoms with Gasteiger partial charge in [-0.2, -0.15) is 0 Å². The van der Waals surface area contributed by atoms with Gasteiger partial charge in [0, 0.05) is 56.4 Å². The van der Waals surface area contributed by atoms with Crippen molar-refractivity contribution in [3.05, 3.63) is 59.9 Å². The summed E-state index contributed by atoms with van der Waals surface area (Å²) in [5, 5.41) is 20.2. The number of piperidine rings is 1. The molecule has 2 fully saturated rings. The lowest BCUT2D eigenvalue weighted by Gasteiger charge is -2.55. The van der Waals surface area contributed by atoms with Crippen LogP contribution >= 0.6 is 0 Å². The van der Waals surface area contributed by atoms with Gasteiger partial charge in [-0.1, -0.05) is 24.3 Å². The Morgan fingerprint density at radius 2 is 1.82 bits per heavy atom. The molecule has 0 radical (unpaired) electrons. The molecule has 7 nitrogen and oxygen atoms in total. The third-order valence-corrected chi connectivity index (χ3v) is 7.28. The molecule has 0 atom stereocenters. The van der Waals surface area contributed by atoms with Crippen LogP contribution < -0.4 is 4.90 Å². The van der Waals surface area contributed by atoms with Gasteiger partial charge in [-0.3, -0.25) is 9.69 Å². The maximum atomic E-state index is 11.6. The molecule has 2 aliphatic heterocycles. The van der Waals surface area contributed by atoms with E-state index in [-0.39, 0.29) is 5.78 Å². The van der Waals surface area contributed by atoms with Crippen LogP contribution in [0.4, 0.5) is 5.69 Å². The van der Waals surface area contributed by atoms with Gasteiger partial charge in [0.15, 0.2) is 5.78 Å². The predicted octanol–water partition coefficient (Wildman–Crippen LogP) is 2.93. The Kier molecular flexibility index (Phi) is 5.96. The van der Waals surface area contributed by atoms with Crippen LogP contribution in [0.1, 0.15) is 42.6 Å². The largest absolute Gasteiger partial charge is 0.389 e. The van der Waals surface area contributed by atoms with Gasteiger partial charge < -0.3 is 19.7 Å². The number of β-amino-alcohol motifs (C(OH)–C–C–N with tert-alkyl or cyclic N) is 1. The van der Waals surface area contributed by atoms with E-state index in [0.29, 0.717) is 17.5 Å². The number of fused-ring (bicyclic) bond motifs is 1. The van der Waals surface area contributed by atoms with Gasteiger partial charge in [-0.25, -0.2) is 4.98 Å². The summed E-state index contributed by atoms with van der Waals surface area (Å²) in [6.07, 6.45) is 6.42. The monoisotopic (exact) mass is 462 g/mol. The van der Waals surface area contributed by atoms with Crippen LogP contribution in [-0.4, -0.2) is 75.4 Å². The minimum absolute atomic E-state index is 0.264. The molecule has 2 saturated heterocycles. The van der Waals surface area contributed by atoms with E-state index in [2.05, 4.69) is 32.7 Å². The highest BCUT2D eigenvalue weighted by atomic mass is 16.3. The molecule has 5 rings (SSSR count). The minimum atomic E-state index is -0.623. The van der Waals surface area contributed by atoms with Crippen LogP contribution in [0.15, 0.2) is 48.8 Å². The van der Waals surface area contributed by atoms with Crippen LogP contribution in [0.2, 0.25) is 0 Å². The van der Waals surface area contributed by atoms with Gasteiger partial charge in [0.2, 0.25) is 0 Å². The number of pyridine rings is 1. The van der Waals surface area contributed by atoms with Crippen LogP contribution in [0, 0.1) is 5.41 Å². The van der Waals surface area contributed by atoms with Gasteiger partial charge in [0.05, 0.1) is 17.5 Å². The molecule has 7 heteroatoms. The van der Waals surface area contributed by atoms with Crippen LogP contribution in [0.3, 0.4) is 0 Å². The average molecular weight is 463 g/mol. The molecule has 34 heavy (non-hydrogen) atoms. The SMILES string of the molecule is CC(C)(O)CN1CC2(CCN(c3cnc4c(ccn4Cc4ccc(C(=O)CO)cc4)c3)CC2)C1. The Labute approximate surface area is 200 Å². The Bertz CT molecular complexity index is 1160. The number of likely N-dealkylation sites (tertiary alicyclic amines) is 1. The Balaban J connectivity index is 1.21. The van der Waals surface area contributed by atoms with Crippen molar-refractivity contribution in [2.75, 3.05) is 44.2 Å². The summed E-state index contributed by atoms with van der Waals surface area (Å²) in [5.74, 6) is -0.264. The smallest absolute Gasteiger partial charge is 0.188 e. The molecule has 2 aliphatic rings. The number of Topliss-reactive ketones (excluding diaryl/α,β-unsaturated/α-hetero) is 1. The van der Waals surface area contributed by atoms with E-state index in [0.717, 1.165) is 49.3 Å². The quantitative estimate of drug-likeness (QED) is 0.526. The lowest BCUT2D eigenvalue weighted by atomic mass is 9.71. The highest BCUT2D eigenvalue weighted by Gasteiger charge is 2.45. The van der Waals surface area contributed by atoms with Gasteiger partial charge in [0.1, 0.15) is 12.3 Å². The lowest BCUT2D eigenvalue weighted by molar-refractivity contribution is -0.0643. The van der Waals surface area contributed by atoms with Crippen molar-refractivity contribution >= 4 is 22.5 Å². The summed E-state index contributed by atoms with van der Waals surface area (Å²) < 4.78 is 2.12. The summed E-state index contributed by atoms with van der Waals surface area (Å²) in [6.45, 7) is 9.01. The standard InChI is InChI=1S/C27H34N4O3/c1-26(2,34)17-29-18-27(19-29)8-11-30(12-9-27)23-13-22-7-10-31(25(22)28-14-23)15-20-3-5-21(6-4-20)24(33)16-32/h3-7,10,13-14,32,34H,8-9,11-12,15-19H2,1-2H3. The van der Waals surface area contributed by atoms with Crippen molar-refractivity contribution in [3.8, 4) is 0 Å². The number of aliphatic hydroxyl groups is 2. The fourth-order valence-electron chi connectivity index (χ4n) is 5.57. The maximum Gasteiger partial charge on any atom is 0.188 e. The molecule has 2 N–H and O–H groups in total. The molecule has 1 aromatic carbocycles. The second kappa shape index (κ2) is 8.80. The molecular weight excluding hydrogens is 428 g/mol. The summed E-state index contributed by atoms with van der Waals surface area (Å²) in [6, 6.07) is 11.7. The second-order valence-electron chi connectivity index (χ2n) is 10.8. The van der Waals surface area contributed by atoms with E-state index in [1.54, 1.807) is 12.1 Å².